The summed E-state index contributed by atoms with van der Waals surface area (Å²) in [5, 5.41) is 29.0. The largest absolute Gasteiger partial charge is 0.414 e. The maximum absolute atomic E-state index is 11.3. The average Bonchev–Trinajstić information content (AvgIpc) is 2.55. The van der Waals surface area contributed by atoms with Crippen LogP contribution in [0.2, 0.25) is 0 Å². The minimum atomic E-state index is -3.38. The van der Waals surface area contributed by atoms with Gasteiger partial charge in [0.15, 0.2) is 0 Å². The molecule has 0 aliphatic heterocycles. The number of hydrogen-bond acceptors (Lipinski definition) is 10. The summed E-state index contributed by atoms with van der Waals surface area (Å²) in [4.78, 5) is 42.2. The van der Waals surface area contributed by atoms with Crippen LogP contribution in [0.25, 0.3) is 0 Å². The maximum Gasteiger partial charge on any atom is 0.414 e. The molecule has 0 fully saturated rings. The van der Waals surface area contributed by atoms with Gasteiger partial charge in [-0.1, -0.05) is 19.7 Å². The highest BCUT2D eigenvalue weighted by Crippen LogP contribution is 2.30. The van der Waals surface area contributed by atoms with Gasteiger partial charge in [0.2, 0.25) is 0 Å². The minimum absolute atomic E-state index is 0.585. The third-order valence-electron chi connectivity index (χ3n) is 2.35. The van der Waals surface area contributed by atoms with Gasteiger partial charge in [0.25, 0.3) is 5.60 Å². The molecule has 0 unspecified atom stereocenters. The SMILES string of the molecule is C=CC(=O)OOC(CO)(CO)C(O)(OC(=O)C=C)OC(=O)C=C. The second-order valence-corrected chi connectivity index (χ2v) is 3.83. The van der Waals surface area contributed by atoms with Gasteiger partial charge < -0.3 is 24.8 Å². The van der Waals surface area contributed by atoms with Crippen LogP contribution in [0.5, 0.6) is 0 Å². The predicted octanol–water partition coefficient (Wildman–Crippen LogP) is -1.52. The molecule has 0 radical (unpaired) electrons. The Morgan fingerprint density at radius 2 is 1.26 bits per heavy atom. The highest BCUT2D eigenvalue weighted by Gasteiger charge is 2.61. The van der Waals surface area contributed by atoms with Crippen molar-refractivity contribution in [3.05, 3.63) is 38.0 Å². The van der Waals surface area contributed by atoms with E-state index in [9.17, 15) is 29.7 Å². The summed E-state index contributed by atoms with van der Waals surface area (Å²) in [7, 11) is 0. The van der Waals surface area contributed by atoms with Crippen LogP contribution in [-0.4, -0.2) is 58.0 Å². The van der Waals surface area contributed by atoms with E-state index in [-0.39, 0.29) is 0 Å². The van der Waals surface area contributed by atoms with Crippen molar-refractivity contribution < 1.29 is 49.0 Å². The molecule has 0 amide bonds. The third-order valence-corrected chi connectivity index (χ3v) is 2.35. The second kappa shape index (κ2) is 8.80. The van der Waals surface area contributed by atoms with Crippen LogP contribution in [0.15, 0.2) is 38.0 Å². The zero-order valence-corrected chi connectivity index (χ0v) is 12.0. The Bertz CT molecular complexity index is 469. The molecule has 0 rings (SSSR count). The van der Waals surface area contributed by atoms with Crippen LogP contribution in [0, 0.1) is 0 Å². The molecular weight excluding hydrogens is 316 g/mol. The summed E-state index contributed by atoms with van der Waals surface area (Å²) in [5.41, 5.74) is -2.77. The van der Waals surface area contributed by atoms with E-state index in [1.54, 1.807) is 0 Å². The average molecular weight is 332 g/mol. The molecule has 0 saturated heterocycles. The predicted molar refractivity (Wildman–Crippen MR) is 71.8 cm³/mol. The monoisotopic (exact) mass is 332 g/mol. The van der Waals surface area contributed by atoms with Gasteiger partial charge >= 0.3 is 23.9 Å². The van der Waals surface area contributed by atoms with Crippen LogP contribution in [-0.2, 0) is 33.6 Å². The lowest BCUT2D eigenvalue weighted by Crippen LogP contribution is -2.65. The number of carbonyl (C=O) groups is 3. The zero-order valence-electron chi connectivity index (χ0n) is 12.0. The summed E-state index contributed by atoms with van der Waals surface area (Å²) in [6, 6.07) is 0. The van der Waals surface area contributed by atoms with E-state index in [4.69, 9.17) is 0 Å². The number of ether oxygens (including phenoxy) is 2. The van der Waals surface area contributed by atoms with E-state index in [0.29, 0.717) is 18.2 Å². The van der Waals surface area contributed by atoms with Gasteiger partial charge in [-0.25, -0.2) is 14.4 Å². The molecule has 3 N–H and O–H groups in total. The molecule has 10 nitrogen and oxygen atoms in total. The Labute approximate surface area is 130 Å². The summed E-state index contributed by atoms with van der Waals surface area (Å²) in [6.07, 6.45) is 1.83. The molecule has 0 aliphatic carbocycles. The zero-order chi connectivity index (χ0) is 18.1. The molecular formula is C13H16O10. The normalized spacial score (nSPS) is 11.1. The highest BCUT2D eigenvalue weighted by molar-refractivity contribution is 5.83. The quantitative estimate of drug-likeness (QED) is 0.141. The minimum Gasteiger partial charge on any atom is -0.393 e. The Balaban J connectivity index is 5.77. The molecule has 0 heterocycles. The molecule has 128 valence electrons. The smallest absolute Gasteiger partial charge is 0.393 e. The van der Waals surface area contributed by atoms with E-state index in [1.165, 1.54) is 0 Å². The summed E-state index contributed by atoms with van der Waals surface area (Å²) >= 11 is 0. The first-order valence-corrected chi connectivity index (χ1v) is 5.91. The van der Waals surface area contributed by atoms with Gasteiger partial charge in [-0.05, 0) is 0 Å². The van der Waals surface area contributed by atoms with Crippen molar-refractivity contribution in [1.29, 1.82) is 0 Å². The van der Waals surface area contributed by atoms with Crippen LogP contribution < -0.4 is 0 Å². The van der Waals surface area contributed by atoms with Crippen molar-refractivity contribution in [2.24, 2.45) is 0 Å². The van der Waals surface area contributed by atoms with Gasteiger partial charge in [0, 0.05) is 18.2 Å². The molecule has 0 aromatic carbocycles. The van der Waals surface area contributed by atoms with Crippen LogP contribution in [0.3, 0.4) is 0 Å². The van der Waals surface area contributed by atoms with Crippen molar-refractivity contribution in [2.45, 2.75) is 11.6 Å². The lowest BCUT2D eigenvalue weighted by atomic mass is 10.0. The van der Waals surface area contributed by atoms with Crippen molar-refractivity contribution >= 4 is 17.9 Å². The Hall–Kier alpha value is -2.53. The number of carbonyl (C=O) groups excluding carboxylic acids is 3. The summed E-state index contributed by atoms with van der Waals surface area (Å²) < 4.78 is 8.84. The van der Waals surface area contributed by atoms with Gasteiger partial charge in [-0.2, -0.15) is 4.89 Å². The molecule has 0 saturated carbocycles. The van der Waals surface area contributed by atoms with Gasteiger partial charge in [0.1, 0.15) is 0 Å². The number of aliphatic hydroxyl groups excluding tert-OH is 2. The molecule has 0 atom stereocenters. The molecule has 0 aliphatic rings. The number of aliphatic hydroxyl groups is 3. The first-order valence-electron chi connectivity index (χ1n) is 5.91. The number of hydrogen-bond donors (Lipinski definition) is 3. The number of esters is 2. The van der Waals surface area contributed by atoms with E-state index < -0.39 is 42.7 Å². The Kier molecular flexibility index (Phi) is 7.83. The first kappa shape index (κ1) is 20.5. The lowest BCUT2D eigenvalue weighted by molar-refractivity contribution is -0.465. The van der Waals surface area contributed by atoms with Crippen molar-refractivity contribution in [2.75, 3.05) is 13.2 Å². The van der Waals surface area contributed by atoms with Gasteiger partial charge in [-0.3, -0.25) is 4.89 Å². The fourth-order valence-corrected chi connectivity index (χ4v) is 1.07. The molecule has 0 aromatic heterocycles. The van der Waals surface area contributed by atoms with Gasteiger partial charge in [-0.15, -0.1) is 0 Å². The van der Waals surface area contributed by atoms with E-state index >= 15 is 0 Å². The molecule has 10 heteroatoms. The summed E-state index contributed by atoms with van der Waals surface area (Å²) in [6.45, 7) is 6.56. The third kappa shape index (κ3) is 5.00. The number of rotatable bonds is 10. The van der Waals surface area contributed by atoms with Gasteiger partial charge in [0.05, 0.1) is 13.2 Å². The molecule has 0 bridgehead atoms. The van der Waals surface area contributed by atoms with Crippen molar-refractivity contribution in [1.82, 2.24) is 0 Å². The topological polar surface area (TPSA) is 149 Å². The molecule has 0 spiro atoms. The van der Waals surface area contributed by atoms with Crippen molar-refractivity contribution in [3.63, 3.8) is 0 Å². The molecule has 23 heavy (non-hydrogen) atoms. The molecule has 0 aromatic rings. The summed E-state index contributed by atoms with van der Waals surface area (Å²) in [5.74, 6) is -7.18. The first-order chi connectivity index (χ1) is 10.7. The standard InChI is InChI=1S/C13H16O10/c1-4-9(16)20-13(19,21-10(17)5-2)12(7-14,8-15)23-22-11(18)6-3/h4-6,14-15,19H,1-3,7-8H2. The van der Waals surface area contributed by atoms with Crippen LogP contribution >= 0.6 is 0 Å². The van der Waals surface area contributed by atoms with E-state index in [2.05, 4.69) is 39.0 Å². The van der Waals surface area contributed by atoms with E-state index in [1.807, 2.05) is 0 Å². The fourth-order valence-electron chi connectivity index (χ4n) is 1.07. The second-order valence-electron chi connectivity index (χ2n) is 3.83. The Morgan fingerprint density at radius 3 is 1.57 bits per heavy atom. The van der Waals surface area contributed by atoms with Crippen LogP contribution in [0.1, 0.15) is 0 Å². The van der Waals surface area contributed by atoms with E-state index in [0.717, 1.165) is 0 Å². The fraction of sp³-hybridized carbons (Fsp3) is 0.308. The lowest BCUT2D eigenvalue weighted by Gasteiger charge is -2.39. The highest BCUT2D eigenvalue weighted by atomic mass is 17.2. The maximum atomic E-state index is 11.3. The Morgan fingerprint density at radius 1 is 0.870 bits per heavy atom. The van der Waals surface area contributed by atoms with Crippen molar-refractivity contribution in [3.8, 4) is 0 Å². The van der Waals surface area contributed by atoms with Crippen LogP contribution in [0.4, 0.5) is 0 Å².